The number of likely N-dealkylation sites (tertiary alicyclic amines) is 1. The molecule has 1 aromatic rings. The standard InChI is InChI=1S/C20H30N2O5/c1-13-14(7-6-8-16(13)26-5)18(24)15-9-10-17(23)22(15)12-11-21-19(25)27-20(2,3)4/h6-8,15,18,24H,9-12H2,1-5H3,(H,21,25)/t15-,18?/m0/s1. The van der Waals surface area contributed by atoms with Crippen molar-refractivity contribution in [3.05, 3.63) is 29.3 Å². The highest BCUT2D eigenvalue weighted by molar-refractivity contribution is 5.79. The van der Waals surface area contributed by atoms with Gasteiger partial charge in [0.15, 0.2) is 0 Å². The van der Waals surface area contributed by atoms with Gasteiger partial charge in [0.2, 0.25) is 5.91 Å². The van der Waals surface area contributed by atoms with E-state index in [2.05, 4.69) is 5.32 Å². The summed E-state index contributed by atoms with van der Waals surface area (Å²) in [6.45, 7) is 7.85. The fourth-order valence-electron chi connectivity index (χ4n) is 3.35. The molecule has 1 heterocycles. The van der Waals surface area contributed by atoms with Crippen molar-refractivity contribution in [2.24, 2.45) is 0 Å². The second kappa shape index (κ2) is 8.61. The molecule has 1 unspecified atom stereocenters. The molecule has 27 heavy (non-hydrogen) atoms. The van der Waals surface area contributed by atoms with Crippen molar-refractivity contribution in [2.75, 3.05) is 20.2 Å². The van der Waals surface area contributed by atoms with Gasteiger partial charge in [-0.2, -0.15) is 0 Å². The van der Waals surface area contributed by atoms with Crippen molar-refractivity contribution < 1.29 is 24.2 Å². The van der Waals surface area contributed by atoms with Crippen LogP contribution in [0.1, 0.15) is 50.8 Å². The number of rotatable bonds is 6. The first-order valence-electron chi connectivity index (χ1n) is 9.22. The van der Waals surface area contributed by atoms with Gasteiger partial charge in [0.25, 0.3) is 0 Å². The topological polar surface area (TPSA) is 88.1 Å². The van der Waals surface area contributed by atoms with Gasteiger partial charge in [-0.15, -0.1) is 0 Å². The minimum Gasteiger partial charge on any atom is -0.496 e. The number of hydrogen-bond donors (Lipinski definition) is 2. The molecule has 150 valence electrons. The van der Waals surface area contributed by atoms with Crippen molar-refractivity contribution in [3.8, 4) is 5.75 Å². The van der Waals surface area contributed by atoms with Gasteiger partial charge >= 0.3 is 6.09 Å². The van der Waals surface area contributed by atoms with E-state index in [0.717, 1.165) is 11.1 Å². The first-order valence-corrected chi connectivity index (χ1v) is 9.22. The Hall–Kier alpha value is -2.28. The first kappa shape index (κ1) is 21.0. The number of benzene rings is 1. The molecule has 1 fully saturated rings. The Balaban J connectivity index is 2.02. The highest BCUT2D eigenvalue weighted by Gasteiger charge is 2.37. The van der Waals surface area contributed by atoms with E-state index < -0.39 is 17.8 Å². The van der Waals surface area contributed by atoms with Gasteiger partial charge in [-0.25, -0.2) is 4.79 Å². The lowest BCUT2D eigenvalue weighted by molar-refractivity contribution is -0.130. The Kier molecular flexibility index (Phi) is 6.70. The molecular weight excluding hydrogens is 348 g/mol. The van der Waals surface area contributed by atoms with Crippen LogP contribution >= 0.6 is 0 Å². The highest BCUT2D eigenvalue weighted by atomic mass is 16.6. The number of amides is 2. The number of nitrogens with one attached hydrogen (secondary N) is 1. The van der Waals surface area contributed by atoms with Gasteiger partial charge in [0.1, 0.15) is 11.4 Å². The third kappa shape index (κ3) is 5.35. The highest BCUT2D eigenvalue weighted by Crippen LogP contribution is 2.34. The number of carbonyl (C=O) groups is 2. The van der Waals surface area contributed by atoms with E-state index in [9.17, 15) is 14.7 Å². The molecule has 0 saturated carbocycles. The van der Waals surface area contributed by atoms with Gasteiger partial charge in [0, 0.05) is 19.5 Å². The molecule has 1 aliphatic heterocycles. The molecule has 1 aromatic carbocycles. The van der Waals surface area contributed by atoms with Crippen LogP contribution in [0.2, 0.25) is 0 Å². The number of methoxy groups -OCH3 is 1. The number of aliphatic hydroxyl groups is 1. The maximum atomic E-state index is 12.3. The molecule has 0 spiro atoms. The summed E-state index contributed by atoms with van der Waals surface area (Å²) in [6, 6.07) is 5.19. The lowest BCUT2D eigenvalue weighted by atomic mass is 9.96. The zero-order chi connectivity index (χ0) is 20.2. The quantitative estimate of drug-likeness (QED) is 0.794. The lowest BCUT2D eigenvalue weighted by Gasteiger charge is -2.30. The number of alkyl carbamates (subject to hydrolysis) is 1. The molecule has 2 atom stereocenters. The monoisotopic (exact) mass is 378 g/mol. The van der Waals surface area contributed by atoms with Gasteiger partial charge in [-0.1, -0.05) is 12.1 Å². The summed E-state index contributed by atoms with van der Waals surface area (Å²) < 4.78 is 10.5. The average molecular weight is 378 g/mol. The van der Waals surface area contributed by atoms with Crippen LogP contribution in [0.3, 0.4) is 0 Å². The third-order valence-electron chi connectivity index (χ3n) is 4.62. The summed E-state index contributed by atoms with van der Waals surface area (Å²) in [7, 11) is 1.59. The van der Waals surface area contributed by atoms with Crippen LogP contribution < -0.4 is 10.1 Å². The van der Waals surface area contributed by atoms with E-state index in [1.165, 1.54) is 0 Å². The van der Waals surface area contributed by atoms with Gasteiger partial charge in [0.05, 0.1) is 19.3 Å². The van der Waals surface area contributed by atoms with Crippen LogP contribution in [0, 0.1) is 6.92 Å². The fourth-order valence-corrected chi connectivity index (χ4v) is 3.35. The van der Waals surface area contributed by atoms with Crippen molar-refractivity contribution >= 4 is 12.0 Å². The van der Waals surface area contributed by atoms with Crippen LogP contribution in [0.5, 0.6) is 5.75 Å². The van der Waals surface area contributed by atoms with Crippen LogP contribution in [-0.4, -0.2) is 53.8 Å². The molecule has 0 aromatic heterocycles. The SMILES string of the molecule is COc1cccc(C(O)[C@@H]2CCC(=O)N2CCNC(=O)OC(C)(C)C)c1C. The molecule has 1 aliphatic rings. The number of nitrogens with zero attached hydrogens (tertiary/aromatic N) is 1. The Morgan fingerprint density at radius 2 is 2.11 bits per heavy atom. The molecule has 0 bridgehead atoms. The third-order valence-corrected chi connectivity index (χ3v) is 4.62. The van der Waals surface area contributed by atoms with Crippen molar-refractivity contribution in [3.63, 3.8) is 0 Å². The Bertz CT molecular complexity index is 683. The van der Waals surface area contributed by atoms with Crippen molar-refractivity contribution in [1.29, 1.82) is 0 Å². The Morgan fingerprint density at radius 3 is 2.74 bits per heavy atom. The first-order chi connectivity index (χ1) is 12.6. The van der Waals surface area contributed by atoms with Gasteiger partial charge in [-0.05, 0) is 51.3 Å². The maximum absolute atomic E-state index is 12.3. The zero-order valence-corrected chi connectivity index (χ0v) is 16.7. The fraction of sp³-hybridized carbons (Fsp3) is 0.600. The molecule has 2 amide bonds. The molecule has 0 aliphatic carbocycles. The molecular formula is C20H30N2O5. The largest absolute Gasteiger partial charge is 0.496 e. The molecule has 0 radical (unpaired) electrons. The van der Waals surface area contributed by atoms with Crippen LogP contribution in [0.25, 0.3) is 0 Å². The summed E-state index contributed by atoms with van der Waals surface area (Å²) in [4.78, 5) is 25.7. The number of hydrogen-bond acceptors (Lipinski definition) is 5. The van der Waals surface area contributed by atoms with Gasteiger partial charge in [-0.3, -0.25) is 4.79 Å². The van der Waals surface area contributed by atoms with E-state index in [1.807, 2.05) is 25.1 Å². The lowest BCUT2D eigenvalue weighted by Crippen LogP contribution is -2.43. The number of ether oxygens (including phenoxy) is 2. The summed E-state index contributed by atoms with van der Waals surface area (Å²) in [5, 5.41) is 13.6. The summed E-state index contributed by atoms with van der Waals surface area (Å²) >= 11 is 0. The summed E-state index contributed by atoms with van der Waals surface area (Å²) in [6.07, 6.45) is -0.372. The van der Waals surface area contributed by atoms with Crippen LogP contribution in [-0.2, 0) is 9.53 Å². The van der Waals surface area contributed by atoms with Gasteiger partial charge < -0.3 is 24.8 Å². The second-order valence-electron chi connectivity index (χ2n) is 7.74. The van der Waals surface area contributed by atoms with Crippen molar-refractivity contribution in [1.82, 2.24) is 10.2 Å². The molecule has 2 rings (SSSR count). The Morgan fingerprint density at radius 1 is 1.41 bits per heavy atom. The van der Waals surface area contributed by atoms with E-state index in [0.29, 0.717) is 25.1 Å². The van der Waals surface area contributed by atoms with E-state index >= 15 is 0 Å². The minimum absolute atomic E-state index is 0.0226. The number of carbonyl (C=O) groups excluding carboxylic acids is 2. The maximum Gasteiger partial charge on any atom is 0.407 e. The van der Waals surface area contributed by atoms with Crippen LogP contribution in [0.4, 0.5) is 4.79 Å². The zero-order valence-electron chi connectivity index (χ0n) is 16.7. The van der Waals surface area contributed by atoms with Crippen LogP contribution in [0.15, 0.2) is 18.2 Å². The van der Waals surface area contributed by atoms with E-state index in [4.69, 9.17) is 9.47 Å². The molecule has 1 saturated heterocycles. The Labute approximate surface area is 160 Å². The molecule has 2 N–H and O–H groups in total. The molecule has 7 heteroatoms. The normalized spacial score (nSPS) is 18.4. The summed E-state index contributed by atoms with van der Waals surface area (Å²) in [5.41, 5.74) is 1.04. The predicted octanol–water partition coefficient (Wildman–Crippen LogP) is 2.55. The smallest absolute Gasteiger partial charge is 0.407 e. The van der Waals surface area contributed by atoms with E-state index in [-0.39, 0.29) is 18.5 Å². The predicted molar refractivity (Wildman–Crippen MR) is 102 cm³/mol. The van der Waals surface area contributed by atoms with Crippen molar-refractivity contribution in [2.45, 2.75) is 58.3 Å². The second-order valence-corrected chi connectivity index (χ2v) is 7.74. The van der Waals surface area contributed by atoms with E-state index in [1.54, 1.807) is 32.8 Å². The molecule has 7 nitrogen and oxygen atoms in total. The average Bonchev–Trinajstić information content (AvgIpc) is 2.94. The number of aliphatic hydroxyl groups excluding tert-OH is 1. The summed E-state index contributed by atoms with van der Waals surface area (Å²) in [5.74, 6) is 0.680. The minimum atomic E-state index is -0.812.